The van der Waals surface area contributed by atoms with Gasteiger partial charge >= 0.3 is 0 Å². The molecule has 3 rings (SSSR count). The highest BCUT2D eigenvalue weighted by molar-refractivity contribution is 5.03. The average molecular weight is 282 g/mol. The lowest BCUT2D eigenvalue weighted by Gasteiger charge is -2.52. The Hall–Kier alpha value is -0.160. The number of morpholine rings is 1. The molecular formula is C16H30N2O2. The zero-order valence-electron chi connectivity index (χ0n) is 13.2. The molecule has 116 valence electrons. The van der Waals surface area contributed by atoms with Crippen molar-refractivity contribution in [3.63, 3.8) is 0 Å². The SMILES string of the molecule is CCOC1CC(NCC2CN(C3CC3)CCO2)C1(C)C. The summed E-state index contributed by atoms with van der Waals surface area (Å²) in [5, 5.41) is 3.72. The van der Waals surface area contributed by atoms with Gasteiger partial charge in [0, 0.05) is 43.7 Å². The molecule has 2 saturated carbocycles. The fourth-order valence-electron chi connectivity index (χ4n) is 3.63. The van der Waals surface area contributed by atoms with Crippen LogP contribution in [0.4, 0.5) is 0 Å². The van der Waals surface area contributed by atoms with Crippen molar-refractivity contribution in [1.82, 2.24) is 10.2 Å². The summed E-state index contributed by atoms with van der Waals surface area (Å²) in [5.41, 5.74) is 0.251. The van der Waals surface area contributed by atoms with E-state index in [9.17, 15) is 0 Å². The minimum absolute atomic E-state index is 0.251. The fraction of sp³-hybridized carbons (Fsp3) is 1.00. The van der Waals surface area contributed by atoms with Crippen LogP contribution >= 0.6 is 0 Å². The molecule has 3 aliphatic rings. The van der Waals surface area contributed by atoms with Crippen LogP contribution in [0.3, 0.4) is 0 Å². The molecule has 0 radical (unpaired) electrons. The zero-order chi connectivity index (χ0) is 14.2. The third kappa shape index (κ3) is 3.03. The molecule has 0 spiro atoms. The van der Waals surface area contributed by atoms with Crippen LogP contribution in [0.1, 0.15) is 40.0 Å². The highest BCUT2D eigenvalue weighted by Gasteiger charge is 2.48. The fourth-order valence-corrected chi connectivity index (χ4v) is 3.63. The minimum atomic E-state index is 0.251. The summed E-state index contributed by atoms with van der Waals surface area (Å²) in [6, 6.07) is 1.43. The van der Waals surface area contributed by atoms with Gasteiger partial charge in [-0.3, -0.25) is 4.90 Å². The van der Waals surface area contributed by atoms with Crippen LogP contribution in [0.15, 0.2) is 0 Å². The average Bonchev–Trinajstić information content (AvgIpc) is 3.27. The van der Waals surface area contributed by atoms with Crippen molar-refractivity contribution < 1.29 is 9.47 Å². The molecule has 1 saturated heterocycles. The van der Waals surface area contributed by atoms with Crippen molar-refractivity contribution in [2.75, 3.05) is 32.8 Å². The highest BCUT2D eigenvalue weighted by atomic mass is 16.5. The molecule has 0 amide bonds. The minimum Gasteiger partial charge on any atom is -0.378 e. The quantitative estimate of drug-likeness (QED) is 0.803. The first-order valence-corrected chi connectivity index (χ1v) is 8.32. The maximum Gasteiger partial charge on any atom is 0.0826 e. The van der Waals surface area contributed by atoms with Gasteiger partial charge in [-0.25, -0.2) is 0 Å². The monoisotopic (exact) mass is 282 g/mol. The van der Waals surface area contributed by atoms with Gasteiger partial charge in [-0.15, -0.1) is 0 Å². The van der Waals surface area contributed by atoms with Gasteiger partial charge in [0.05, 0.1) is 18.8 Å². The van der Waals surface area contributed by atoms with Crippen molar-refractivity contribution in [3.05, 3.63) is 0 Å². The molecule has 3 atom stereocenters. The van der Waals surface area contributed by atoms with Gasteiger partial charge in [0.15, 0.2) is 0 Å². The predicted molar refractivity (Wildman–Crippen MR) is 79.9 cm³/mol. The Balaban J connectivity index is 1.41. The maximum absolute atomic E-state index is 5.91. The summed E-state index contributed by atoms with van der Waals surface area (Å²) in [5.74, 6) is 0. The van der Waals surface area contributed by atoms with Crippen LogP contribution in [0, 0.1) is 5.41 Å². The summed E-state index contributed by atoms with van der Waals surface area (Å²) >= 11 is 0. The molecule has 0 aromatic heterocycles. The second kappa shape index (κ2) is 5.91. The van der Waals surface area contributed by atoms with Crippen LogP contribution in [0.25, 0.3) is 0 Å². The van der Waals surface area contributed by atoms with Crippen molar-refractivity contribution in [3.8, 4) is 0 Å². The van der Waals surface area contributed by atoms with Crippen LogP contribution < -0.4 is 5.32 Å². The maximum atomic E-state index is 5.91. The molecular weight excluding hydrogens is 252 g/mol. The van der Waals surface area contributed by atoms with Crippen LogP contribution in [-0.2, 0) is 9.47 Å². The lowest BCUT2D eigenvalue weighted by Crippen LogP contribution is -2.62. The van der Waals surface area contributed by atoms with E-state index in [1.165, 1.54) is 12.8 Å². The number of hydrogen-bond donors (Lipinski definition) is 1. The lowest BCUT2D eigenvalue weighted by molar-refractivity contribution is -0.118. The number of ether oxygens (including phenoxy) is 2. The number of hydrogen-bond acceptors (Lipinski definition) is 4. The molecule has 0 aromatic rings. The smallest absolute Gasteiger partial charge is 0.0826 e. The molecule has 2 aliphatic carbocycles. The molecule has 3 fully saturated rings. The number of nitrogens with zero attached hydrogens (tertiary/aromatic N) is 1. The van der Waals surface area contributed by atoms with E-state index in [0.717, 1.165) is 45.3 Å². The van der Waals surface area contributed by atoms with Gasteiger partial charge in [0.25, 0.3) is 0 Å². The molecule has 3 unspecified atom stereocenters. The van der Waals surface area contributed by atoms with Crippen molar-refractivity contribution in [2.45, 2.75) is 64.3 Å². The normalized spacial score (nSPS) is 37.6. The van der Waals surface area contributed by atoms with Gasteiger partial charge in [0.1, 0.15) is 0 Å². The standard InChI is InChI=1S/C16H30N2O2/c1-4-19-15-9-14(16(15,2)3)17-10-13-11-18(7-8-20-13)12-5-6-12/h12-15,17H,4-11H2,1-3H3. The Bertz CT molecular complexity index is 330. The number of rotatable bonds is 6. The summed E-state index contributed by atoms with van der Waals surface area (Å²) in [6.07, 6.45) is 4.71. The summed E-state index contributed by atoms with van der Waals surface area (Å²) in [4.78, 5) is 2.62. The summed E-state index contributed by atoms with van der Waals surface area (Å²) in [7, 11) is 0. The second-order valence-corrected chi connectivity index (χ2v) is 7.18. The first-order valence-electron chi connectivity index (χ1n) is 8.32. The van der Waals surface area contributed by atoms with E-state index >= 15 is 0 Å². The third-order valence-corrected chi connectivity index (χ3v) is 5.37. The largest absolute Gasteiger partial charge is 0.378 e. The third-order valence-electron chi connectivity index (χ3n) is 5.37. The van der Waals surface area contributed by atoms with E-state index in [0.29, 0.717) is 18.2 Å². The van der Waals surface area contributed by atoms with Gasteiger partial charge in [-0.1, -0.05) is 13.8 Å². The Kier molecular flexibility index (Phi) is 4.37. The van der Waals surface area contributed by atoms with Gasteiger partial charge in [-0.05, 0) is 26.2 Å². The summed E-state index contributed by atoms with van der Waals surface area (Å²) in [6.45, 7) is 11.7. The van der Waals surface area contributed by atoms with Crippen LogP contribution in [0.5, 0.6) is 0 Å². The van der Waals surface area contributed by atoms with Crippen LogP contribution in [-0.4, -0.2) is 62.0 Å². The Labute approximate surface area is 123 Å². The molecule has 1 aliphatic heterocycles. The first kappa shape index (κ1) is 14.8. The van der Waals surface area contributed by atoms with E-state index < -0.39 is 0 Å². The molecule has 0 aromatic carbocycles. The molecule has 4 nitrogen and oxygen atoms in total. The van der Waals surface area contributed by atoms with E-state index in [1.54, 1.807) is 0 Å². The molecule has 4 heteroatoms. The topological polar surface area (TPSA) is 33.7 Å². The molecule has 1 heterocycles. The van der Waals surface area contributed by atoms with Crippen molar-refractivity contribution in [2.24, 2.45) is 5.41 Å². The first-order chi connectivity index (χ1) is 9.61. The van der Waals surface area contributed by atoms with E-state index in [4.69, 9.17) is 9.47 Å². The lowest BCUT2D eigenvalue weighted by atomic mass is 9.64. The number of nitrogens with one attached hydrogen (secondary N) is 1. The van der Waals surface area contributed by atoms with E-state index in [-0.39, 0.29) is 5.41 Å². The zero-order valence-corrected chi connectivity index (χ0v) is 13.2. The van der Waals surface area contributed by atoms with E-state index in [1.807, 2.05) is 0 Å². The molecule has 20 heavy (non-hydrogen) atoms. The Morgan fingerprint density at radius 1 is 1.35 bits per heavy atom. The van der Waals surface area contributed by atoms with Crippen molar-refractivity contribution >= 4 is 0 Å². The predicted octanol–water partition coefficient (Wildman–Crippen LogP) is 1.64. The molecule has 1 N–H and O–H groups in total. The Morgan fingerprint density at radius 3 is 2.80 bits per heavy atom. The van der Waals surface area contributed by atoms with Crippen molar-refractivity contribution in [1.29, 1.82) is 0 Å². The van der Waals surface area contributed by atoms with E-state index in [2.05, 4.69) is 31.0 Å². The van der Waals surface area contributed by atoms with Gasteiger partial charge in [-0.2, -0.15) is 0 Å². The van der Waals surface area contributed by atoms with Crippen LogP contribution in [0.2, 0.25) is 0 Å². The highest BCUT2D eigenvalue weighted by Crippen LogP contribution is 2.42. The molecule has 0 bridgehead atoms. The Morgan fingerprint density at radius 2 is 2.15 bits per heavy atom. The van der Waals surface area contributed by atoms with Gasteiger partial charge < -0.3 is 14.8 Å². The van der Waals surface area contributed by atoms with Gasteiger partial charge in [0.2, 0.25) is 0 Å². The second-order valence-electron chi connectivity index (χ2n) is 7.18. The summed E-state index contributed by atoms with van der Waals surface area (Å²) < 4.78 is 11.7.